The van der Waals surface area contributed by atoms with Crippen LogP contribution in [0.15, 0.2) is 28.7 Å². The number of rotatable bonds is 5. The summed E-state index contributed by atoms with van der Waals surface area (Å²) in [6.45, 7) is 2.31. The number of oxazole rings is 1. The molecule has 0 radical (unpaired) electrons. The van der Waals surface area contributed by atoms with Gasteiger partial charge in [0.05, 0.1) is 25.9 Å². The van der Waals surface area contributed by atoms with E-state index in [2.05, 4.69) is 4.98 Å². The lowest BCUT2D eigenvalue weighted by molar-refractivity contribution is -0.0240. The van der Waals surface area contributed by atoms with Crippen molar-refractivity contribution in [2.45, 2.75) is 51.4 Å². The Bertz CT molecular complexity index is 652. The fraction of sp³-hybridized carbons (Fsp3) is 0.500. The summed E-state index contributed by atoms with van der Waals surface area (Å²) < 4.78 is 16.9. The number of methoxy groups -OCH3 is 1. The van der Waals surface area contributed by atoms with Crippen molar-refractivity contribution in [3.63, 3.8) is 0 Å². The minimum atomic E-state index is -0.237. The number of ether oxygens (including phenoxy) is 2. The van der Waals surface area contributed by atoms with E-state index < -0.39 is 0 Å². The fourth-order valence-corrected chi connectivity index (χ4v) is 2.91. The average molecular weight is 317 g/mol. The van der Waals surface area contributed by atoms with Crippen LogP contribution in [0.2, 0.25) is 0 Å². The topological polar surface area (TPSA) is 64.7 Å². The molecule has 0 aliphatic heterocycles. The summed E-state index contributed by atoms with van der Waals surface area (Å²) in [4.78, 5) is 4.55. The summed E-state index contributed by atoms with van der Waals surface area (Å²) in [5, 5.41) is 9.71. The van der Waals surface area contributed by atoms with Crippen LogP contribution in [0.25, 0.3) is 11.5 Å². The van der Waals surface area contributed by atoms with Crippen molar-refractivity contribution < 1.29 is 19.0 Å². The Labute approximate surface area is 136 Å². The number of hydrogen-bond acceptors (Lipinski definition) is 5. The molecular weight excluding hydrogens is 294 g/mol. The molecule has 0 amide bonds. The molecule has 2 aromatic rings. The average Bonchev–Trinajstić information content (AvgIpc) is 2.94. The predicted molar refractivity (Wildman–Crippen MR) is 86.3 cm³/mol. The zero-order chi connectivity index (χ0) is 16.2. The van der Waals surface area contributed by atoms with Crippen molar-refractivity contribution in [1.29, 1.82) is 0 Å². The smallest absolute Gasteiger partial charge is 0.226 e. The number of nitrogens with zero attached hydrogens (tertiary/aromatic N) is 1. The van der Waals surface area contributed by atoms with E-state index in [0.29, 0.717) is 18.9 Å². The van der Waals surface area contributed by atoms with Gasteiger partial charge in [-0.25, -0.2) is 4.98 Å². The van der Waals surface area contributed by atoms with Gasteiger partial charge >= 0.3 is 0 Å². The van der Waals surface area contributed by atoms with E-state index >= 15 is 0 Å². The number of benzene rings is 1. The monoisotopic (exact) mass is 317 g/mol. The van der Waals surface area contributed by atoms with E-state index in [1.165, 1.54) is 0 Å². The first-order valence-corrected chi connectivity index (χ1v) is 8.06. The van der Waals surface area contributed by atoms with Crippen molar-refractivity contribution >= 4 is 0 Å². The summed E-state index contributed by atoms with van der Waals surface area (Å²) >= 11 is 0. The van der Waals surface area contributed by atoms with Gasteiger partial charge < -0.3 is 19.0 Å². The highest BCUT2D eigenvalue weighted by Crippen LogP contribution is 2.27. The molecule has 1 aliphatic rings. The van der Waals surface area contributed by atoms with E-state index in [0.717, 1.165) is 42.0 Å². The Kier molecular flexibility index (Phi) is 4.98. The molecule has 1 N–H and O–H groups in total. The van der Waals surface area contributed by atoms with Crippen LogP contribution in [-0.2, 0) is 11.3 Å². The maximum absolute atomic E-state index is 9.71. The Morgan fingerprint density at radius 2 is 2.22 bits per heavy atom. The quantitative estimate of drug-likeness (QED) is 0.914. The Morgan fingerprint density at radius 3 is 3.00 bits per heavy atom. The molecule has 1 heterocycles. The standard InChI is InChI=1S/C18H23NO4/c1-12-17(11-22-16-8-4-6-14(20)10-16)19-18(23-12)13-5-3-7-15(9-13)21-2/h3,5,7,9,14,16,20H,4,6,8,10-11H2,1-2H3. The number of aliphatic hydroxyl groups is 1. The maximum Gasteiger partial charge on any atom is 0.226 e. The number of aliphatic hydroxyl groups excluding tert-OH is 1. The van der Waals surface area contributed by atoms with Crippen LogP contribution in [-0.4, -0.2) is 29.4 Å². The second kappa shape index (κ2) is 7.15. The van der Waals surface area contributed by atoms with E-state index in [1.54, 1.807) is 7.11 Å². The number of hydrogen-bond donors (Lipinski definition) is 1. The molecule has 23 heavy (non-hydrogen) atoms. The first-order chi connectivity index (χ1) is 11.2. The second-order valence-electron chi connectivity index (χ2n) is 6.01. The van der Waals surface area contributed by atoms with Crippen LogP contribution >= 0.6 is 0 Å². The summed E-state index contributed by atoms with van der Waals surface area (Å²) in [5.41, 5.74) is 1.69. The summed E-state index contributed by atoms with van der Waals surface area (Å²) in [5.74, 6) is 2.11. The van der Waals surface area contributed by atoms with Crippen molar-refractivity contribution in [2.24, 2.45) is 0 Å². The summed E-state index contributed by atoms with van der Waals surface area (Å²) in [6.07, 6.45) is 3.47. The van der Waals surface area contributed by atoms with Crippen molar-refractivity contribution in [1.82, 2.24) is 4.98 Å². The molecule has 1 fully saturated rings. The van der Waals surface area contributed by atoms with Gasteiger partial charge in [0.15, 0.2) is 0 Å². The molecule has 1 aromatic carbocycles. The molecule has 2 atom stereocenters. The van der Waals surface area contributed by atoms with Crippen LogP contribution < -0.4 is 4.74 Å². The molecule has 5 nitrogen and oxygen atoms in total. The molecule has 1 aromatic heterocycles. The molecule has 1 saturated carbocycles. The molecule has 0 saturated heterocycles. The first-order valence-electron chi connectivity index (χ1n) is 8.06. The third-order valence-corrected chi connectivity index (χ3v) is 4.26. The minimum absolute atomic E-state index is 0.107. The van der Waals surface area contributed by atoms with Gasteiger partial charge in [-0.15, -0.1) is 0 Å². The van der Waals surface area contributed by atoms with Crippen molar-refractivity contribution in [3.05, 3.63) is 35.7 Å². The largest absolute Gasteiger partial charge is 0.497 e. The lowest BCUT2D eigenvalue weighted by Gasteiger charge is -2.25. The molecule has 0 bridgehead atoms. The van der Waals surface area contributed by atoms with Crippen LogP contribution in [0.5, 0.6) is 5.75 Å². The van der Waals surface area contributed by atoms with Crippen LogP contribution in [0.1, 0.15) is 37.1 Å². The van der Waals surface area contributed by atoms with Crippen molar-refractivity contribution in [3.8, 4) is 17.2 Å². The van der Waals surface area contributed by atoms with Gasteiger partial charge in [0.2, 0.25) is 5.89 Å². The molecular formula is C18H23NO4. The Balaban J connectivity index is 1.68. The minimum Gasteiger partial charge on any atom is -0.497 e. The van der Waals surface area contributed by atoms with E-state index in [1.807, 2.05) is 31.2 Å². The summed E-state index contributed by atoms with van der Waals surface area (Å²) in [6, 6.07) is 7.63. The zero-order valence-corrected chi connectivity index (χ0v) is 13.6. The van der Waals surface area contributed by atoms with Gasteiger partial charge in [-0.2, -0.15) is 0 Å². The molecule has 5 heteroatoms. The Hall–Kier alpha value is -1.85. The van der Waals surface area contributed by atoms with Gasteiger partial charge in [-0.1, -0.05) is 6.07 Å². The third kappa shape index (κ3) is 3.92. The van der Waals surface area contributed by atoms with Gasteiger partial charge in [0.1, 0.15) is 17.2 Å². The fourth-order valence-electron chi connectivity index (χ4n) is 2.91. The first kappa shape index (κ1) is 16.0. The van der Waals surface area contributed by atoms with Gasteiger partial charge in [-0.05, 0) is 50.8 Å². The SMILES string of the molecule is COc1cccc(-c2nc(COC3CCCC(O)C3)c(C)o2)c1. The molecule has 3 rings (SSSR count). The Morgan fingerprint density at radius 1 is 1.35 bits per heavy atom. The molecule has 1 aliphatic carbocycles. The van der Waals surface area contributed by atoms with Gasteiger partial charge in [0.25, 0.3) is 0 Å². The van der Waals surface area contributed by atoms with Crippen LogP contribution in [0, 0.1) is 6.92 Å². The molecule has 2 unspecified atom stereocenters. The lowest BCUT2D eigenvalue weighted by Crippen LogP contribution is -2.25. The third-order valence-electron chi connectivity index (χ3n) is 4.26. The van der Waals surface area contributed by atoms with Gasteiger partial charge in [-0.3, -0.25) is 0 Å². The predicted octanol–water partition coefficient (Wildman–Crippen LogP) is 3.48. The second-order valence-corrected chi connectivity index (χ2v) is 6.01. The summed E-state index contributed by atoms with van der Waals surface area (Å²) in [7, 11) is 1.64. The van der Waals surface area contributed by atoms with E-state index in [-0.39, 0.29) is 12.2 Å². The highest BCUT2D eigenvalue weighted by atomic mass is 16.5. The van der Waals surface area contributed by atoms with Gasteiger partial charge in [0, 0.05) is 5.56 Å². The van der Waals surface area contributed by atoms with E-state index in [4.69, 9.17) is 13.9 Å². The number of aromatic nitrogens is 1. The normalized spacial score (nSPS) is 21.3. The number of aryl methyl sites for hydroxylation is 1. The van der Waals surface area contributed by atoms with E-state index in [9.17, 15) is 5.11 Å². The maximum atomic E-state index is 9.71. The molecule has 124 valence electrons. The van der Waals surface area contributed by atoms with Crippen LogP contribution in [0.3, 0.4) is 0 Å². The zero-order valence-electron chi connectivity index (χ0n) is 13.6. The van der Waals surface area contributed by atoms with Crippen LogP contribution in [0.4, 0.5) is 0 Å². The van der Waals surface area contributed by atoms with Crippen molar-refractivity contribution in [2.75, 3.05) is 7.11 Å². The molecule has 0 spiro atoms. The highest BCUT2D eigenvalue weighted by molar-refractivity contribution is 5.56. The highest BCUT2D eigenvalue weighted by Gasteiger charge is 2.21. The lowest BCUT2D eigenvalue weighted by atomic mass is 9.95.